The standard InChI is InChI=1S/C14H16N2O/c1-9-12(8-14(17)16-10-6-7-10)11-4-2-3-5-13(11)15-9/h2-5,10,15H,6-8H2,1H3,(H,16,17). The van der Waals surface area contributed by atoms with E-state index in [0.717, 1.165) is 35.0 Å². The second-order valence-electron chi connectivity index (χ2n) is 4.79. The summed E-state index contributed by atoms with van der Waals surface area (Å²) in [7, 11) is 0. The van der Waals surface area contributed by atoms with Gasteiger partial charge in [-0.1, -0.05) is 18.2 Å². The Labute approximate surface area is 100 Å². The monoisotopic (exact) mass is 228 g/mol. The summed E-state index contributed by atoms with van der Waals surface area (Å²) in [6.07, 6.45) is 2.75. The molecule has 1 saturated carbocycles. The van der Waals surface area contributed by atoms with E-state index in [-0.39, 0.29) is 5.91 Å². The molecule has 88 valence electrons. The molecule has 1 aliphatic rings. The molecule has 2 aromatic rings. The first-order valence-electron chi connectivity index (χ1n) is 6.09. The van der Waals surface area contributed by atoms with E-state index in [9.17, 15) is 4.79 Å². The predicted molar refractivity (Wildman–Crippen MR) is 67.9 cm³/mol. The zero-order valence-corrected chi connectivity index (χ0v) is 9.92. The molecule has 3 rings (SSSR count). The highest BCUT2D eigenvalue weighted by Gasteiger charge is 2.23. The molecule has 1 aromatic carbocycles. The fourth-order valence-corrected chi connectivity index (χ4v) is 2.23. The van der Waals surface area contributed by atoms with Crippen molar-refractivity contribution in [3.05, 3.63) is 35.5 Å². The van der Waals surface area contributed by atoms with Crippen molar-refractivity contribution >= 4 is 16.8 Å². The topological polar surface area (TPSA) is 44.9 Å². The Morgan fingerprint density at radius 2 is 2.18 bits per heavy atom. The lowest BCUT2D eigenvalue weighted by Gasteiger charge is -2.03. The van der Waals surface area contributed by atoms with Gasteiger partial charge in [0.2, 0.25) is 5.91 Å². The Balaban J connectivity index is 1.87. The van der Waals surface area contributed by atoms with Crippen LogP contribution in [0.15, 0.2) is 24.3 Å². The Bertz CT molecular complexity index is 567. The fraction of sp³-hybridized carbons (Fsp3) is 0.357. The first-order chi connectivity index (χ1) is 8.24. The normalized spacial score (nSPS) is 15.1. The maximum atomic E-state index is 11.8. The average Bonchev–Trinajstić information content (AvgIpc) is 3.05. The number of rotatable bonds is 3. The van der Waals surface area contributed by atoms with Gasteiger partial charge in [0, 0.05) is 22.6 Å². The van der Waals surface area contributed by atoms with Gasteiger partial charge >= 0.3 is 0 Å². The minimum Gasteiger partial charge on any atom is -0.358 e. The van der Waals surface area contributed by atoms with Crippen LogP contribution in [0.1, 0.15) is 24.1 Å². The van der Waals surface area contributed by atoms with E-state index in [1.807, 2.05) is 25.1 Å². The summed E-state index contributed by atoms with van der Waals surface area (Å²) in [5.41, 5.74) is 3.33. The molecule has 0 aliphatic heterocycles. The number of para-hydroxylation sites is 1. The molecule has 1 amide bonds. The molecule has 3 nitrogen and oxygen atoms in total. The van der Waals surface area contributed by atoms with Crippen LogP contribution in [0.4, 0.5) is 0 Å². The molecule has 0 unspecified atom stereocenters. The molecule has 1 heterocycles. The molecule has 3 heteroatoms. The van der Waals surface area contributed by atoms with Gasteiger partial charge in [0.05, 0.1) is 6.42 Å². The summed E-state index contributed by atoms with van der Waals surface area (Å²) in [4.78, 5) is 15.2. The van der Waals surface area contributed by atoms with E-state index in [2.05, 4.69) is 16.4 Å². The van der Waals surface area contributed by atoms with E-state index in [1.165, 1.54) is 0 Å². The third kappa shape index (κ3) is 2.05. The van der Waals surface area contributed by atoms with Crippen molar-refractivity contribution in [2.75, 3.05) is 0 Å². The summed E-state index contributed by atoms with van der Waals surface area (Å²) >= 11 is 0. The zero-order chi connectivity index (χ0) is 11.8. The van der Waals surface area contributed by atoms with Gasteiger partial charge in [-0.25, -0.2) is 0 Å². The lowest BCUT2D eigenvalue weighted by molar-refractivity contribution is -0.120. The summed E-state index contributed by atoms with van der Waals surface area (Å²) in [6.45, 7) is 2.03. The summed E-state index contributed by atoms with van der Waals surface area (Å²) in [5, 5.41) is 4.19. The highest BCUT2D eigenvalue weighted by Crippen LogP contribution is 2.23. The van der Waals surface area contributed by atoms with Crippen molar-refractivity contribution in [2.45, 2.75) is 32.2 Å². The fourth-order valence-electron chi connectivity index (χ4n) is 2.23. The van der Waals surface area contributed by atoms with Gasteiger partial charge in [0.25, 0.3) is 0 Å². The van der Waals surface area contributed by atoms with Gasteiger partial charge in [-0.15, -0.1) is 0 Å². The first-order valence-corrected chi connectivity index (χ1v) is 6.09. The highest BCUT2D eigenvalue weighted by atomic mass is 16.1. The Kier molecular flexibility index (Phi) is 2.39. The van der Waals surface area contributed by atoms with Crippen LogP contribution < -0.4 is 5.32 Å². The number of H-pyrrole nitrogens is 1. The molecular formula is C14H16N2O. The van der Waals surface area contributed by atoms with E-state index >= 15 is 0 Å². The van der Waals surface area contributed by atoms with Gasteiger partial charge < -0.3 is 10.3 Å². The number of carbonyl (C=O) groups is 1. The Morgan fingerprint density at radius 1 is 1.41 bits per heavy atom. The van der Waals surface area contributed by atoms with Crippen molar-refractivity contribution in [1.29, 1.82) is 0 Å². The van der Waals surface area contributed by atoms with Crippen LogP contribution in [-0.2, 0) is 11.2 Å². The smallest absolute Gasteiger partial charge is 0.224 e. The zero-order valence-electron chi connectivity index (χ0n) is 9.92. The van der Waals surface area contributed by atoms with E-state index in [1.54, 1.807) is 0 Å². The van der Waals surface area contributed by atoms with Crippen LogP contribution in [-0.4, -0.2) is 16.9 Å². The number of benzene rings is 1. The number of fused-ring (bicyclic) bond motifs is 1. The van der Waals surface area contributed by atoms with Crippen molar-refractivity contribution in [3.8, 4) is 0 Å². The van der Waals surface area contributed by atoms with Crippen molar-refractivity contribution < 1.29 is 4.79 Å². The molecular weight excluding hydrogens is 212 g/mol. The molecule has 17 heavy (non-hydrogen) atoms. The van der Waals surface area contributed by atoms with Crippen molar-refractivity contribution in [3.63, 3.8) is 0 Å². The molecule has 0 radical (unpaired) electrons. The molecule has 0 bridgehead atoms. The summed E-state index contributed by atoms with van der Waals surface area (Å²) < 4.78 is 0. The average molecular weight is 228 g/mol. The van der Waals surface area contributed by atoms with Crippen LogP contribution in [0.3, 0.4) is 0 Å². The summed E-state index contributed by atoms with van der Waals surface area (Å²) in [5.74, 6) is 0.139. The first kappa shape index (κ1) is 10.4. The Morgan fingerprint density at radius 3 is 2.94 bits per heavy atom. The number of aromatic amines is 1. The van der Waals surface area contributed by atoms with Gasteiger partial charge in [-0.05, 0) is 31.4 Å². The minimum absolute atomic E-state index is 0.139. The molecule has 2 N–H and O–H groups in total. The quantitative estimate of drug-likeness (QED) is 0.831. The second kappa shape index (κ2) is 3.91. The number of aryl methyl sites for hydroxylation is 1. The number of amides is 1. The predicted octanol–water partition coefficient (Wildman–Crippen LogP) is 2.30. The molecule has 0 saturated heterocycles. The Hall–Kier alpha value is -1.77. The van der Waals surface area contributed by atoms with Crippen molar-refractivity contribution in [1.82, 2.24) is 10.3 Å². The molecule has 0 atom stereocenters. The highest BCUT2D eigenvalue weighted by molar-refractivity contribution is 5.90. The molecule has 1 fully saturated rings. The SMILES string of the molecule is Cc1[nH]c2ccccc2c1CC(=O)NC1CC1. The lowest BCUT2D eigenvalue weighted by Crippen LogP contribution is -2.27. The van der Waals surface area contributed by atoms with Crippen LogP contribution >= 0.6 is 0 Å². The van der Waals surface area contributed by atoms with Gasteiger partial charge in [0.1, 0.15) is 0 Å². The van der Waals surface area contributed by atoms with Crippen LogP contribution in [0.5, 0.6) is 0 Å². The van der Waals surface area contributed by atoms with E-state index in [4.69, 9.17) is 0 Å². The molecule has 1 aliphatic carbocycles. The number of hydrogen-bond donors (Lipinski definition) is 2. The van der Waals surface area contributed by atoms with Crippen LogP contribution in [0.25, 0.3) is 10.9 Å². The van der Waals surface area contributed by atoms with Crippen molar-refractivity contribution in [2.24, 2.45) is 0 Å². The van der Waals surface area contributed by atoms with E-state index < -0.39 is 0 Å². The minimum atomic E-state index is 0.139. The van der Waals surface area contributed by atoms with Gasteiger partial charge in [-0.2, -0.15) is 0 Å². The second-order valence-corrected chi connectivity index (χ2v) is 4.79. The third-order valence-corrected chi connectivity index (χ3v) is 3.31. The maximum absolute atomic E-state index is 11.8. The molecule has 0 spiro atoms. The maximum Gasteiger partial charge on any atom is 0.224 e. The van der Waals surface area contributed by atoms with Crippen LogP contribution in [0.2, 0.25) is 0 Å². The van der Waals surface area contributed by atoms with E-state index in [0.29, 0.717) is 12.5 Å². The number of nitrogens with one attached hydrogen (secondary N) is 2. The summed E-state index contributed by atoms with van der Waals surface area (Å²) in [6, 6.07) is 8.57. The van der Waals surface area contributed by atoms with Crippen LogP contribution in [0, 0.1) is 6.92 Å². The molecule has 1 aromatic heterocycles. The third-order valence-electron chi connectivity index (χ3n) is 3.31. The number of carbonyl (C=O) groups excluding carboxylic acids is 1. The number of hydrogen-bond acceptors (Lipinski definition) is 1. The lowest BCUT2D eigenvalue weighted by atomic mass is 10.1. The number of aromatic nitrogens is 1. The van der Waals surface area contributed by atoms with Gasteiger partial charge in [0.15, 0.2) is 0 Å². The largest absolute Gasteiger partial charge is 0.358 e. The van der Waals surface area contributed by atoms with Gasteiger partial charge in [-0.3, -0.25) is 4.79 Å².